The highest BCUT2D eigenvalue weighted by Gasteiger charge is 2.38. The molecule has 1 aliphatic heterocycles. The molecule has 2 heterocycles. The summed E-state index contributed by atoms with van der Waals surface area (Å²) in [5.41, 5.74) is -1.17. The predicted octanol–water partition coefficient (Wildman–Crippen LogP) is 1.20. The number of hydrogen-bond acceptors (Lipinski definition) is 6. The molecule has 3 rings (SSSR count). The molecule has 2 atom stereocenters. The Bertz CT molecular complexity index is 1180. The first-order valence-electron chi connectivity index (χ1n) is 9.99. The third kappa shape index (κ3) is 4.60. The highest BCUT2D eigenvalue weighted by atomic mass is 16.6. The van der Waals surface area contributed by atoms with Gasteiger partial charge < -0.3 is 19.9 Å². The van der Waals surface area contributed by atoms with Gasteiger partial charge in [-0.1, -0.05) is 0 Å². The SMILES string of the molecule is CCn1c(=O)[nH]c2cc(C(=O)NC3CN(C(=O)OC(C)(C)C)CC3C#N)ccc2c1=O. The maximum atomic E-state index is 12.8. The number of carbonyl (C=O) groups excluding carboxylic acids is 2. The summed E-state index contributed by atoms with van der Waals surface area (Å²) in [4.78, 5) is 53.5. The molecular formula is C21H25N5O5. The van der Waals surface area contributed by atoms with Crippen molar-refractivity contribution in [2.24, 2.45) is 5.92 Å². The average molecular weight is 427 g/mol. The van der Waals surface area contributed by atoms with Crippen LogP contribution in [0.25, 0.3) is 10.9 Å². The molecule has 1 aromatic heterocycles. The van der Waals surface area contributed by atoms with Gasteiger partial charge in [-0.3, -0.25) is 14.2 Å². The first-order chi connectivity index (χ1) is 14.5. The van der Waals surface area contributed by atoms with Crippen LogP contribution >= 0.6 is 0 Å². The molecular weight excluding hydrogens is 402 g/mol. The van der Waals surface area contributed by atoms with Crippen LogP contribution in [0.5, 0.6) is 0 Å². The summed E-state index contributed by atoms with van der Waals surface area (Å²) >= 11 is 0. The van der Waals surface area contributed by atoms with Crippen LogP contribution in [0, 0.1) is 17.2 Å². The lowest BCUT2D eigenvalue weighted by atomic mass is 10.0. The second kappa shape index (κ2) is 8.26. The summed E-state index contributed by atoms with van der Waals surface area (Å²) in [7, 11) is 0. The Hall–Kier alpha value is -3.61. The van der Waals surface area contributed by atoms with Crippen LogP contribution in [-0.4, -0.2) is 51.2 Å². The molecule has 10 heteroatoms. The van der Waals surface area contributed by atoms with E-state index in [0.717, 1.165) is 4.57 Å². The summed E-state index contributed by atoms with van der Waals surface area (Å²) in [6, 6.07) is 5.94. The van der Waals surface area contributed by atoms with Crippen LogP contribution in [-0.2, 0) is 11.3 Å². The highest BCUT2D eigenvalue weighted by molar-refractivity contribution is 5.97. The van der Waals surface area contributed by atoms with E-state index < -0.39 is 40.8 Å². The van der Waals surface area contributed by atoms with Gasteiger partial charge in [0, 0.05) is 25.2 Å². The lowest BCUT2D eigenvalue weighted by Crippen LogP contribution is -2.41. The lowest BCUT2D eigenvalue weighted by molar-refractivity contribution is 0.0287. The Kier molecular flexibility index (Phi) is 5.88. The van der Waals surface area contributed by atoms with Crippen molar-refractivity contribution in [3.63, 3.8) is 0 Å². The number of aromatic nitrogens is 2. The predicted molar refractivity (Wildman–Crippen MR) is 113 cm³/mol. The first-order valence-corrected chi connectivity index (χ1v) is 9.99. The molecule has 2 unspecified atom stereocenters. The number of H-pyrrole nitrogens is 1. The Morgan fingerprint density at radius 3 is 2.61 bits per heavy atom. The van der Waals surface area contributed by atoms with Crippen LogP contribution in [0.2, 0.25) is 0 Å². The summed E-state index contributed by atoms with van der Waals surface area (Å²) in [5, 5.41) is 12.5. The van der Waals surface area contributed by atoms with Gasteiger partial charge >= 0.3 is 11.8 Å². The molecule has 31 heavy (non-hydrogen) atoms. The molecule has 1 saturated heterocycles. The second-order valence-corrected chi connectivity index (χ2v) is 8.44. The second-order valence-electron chi connectivity index (χ2n) is 8.44. The van der Waals surface area contributed by atoms with Crippen molar-refractivity contribution in [2.45, 2.75) is 45.9 Å². The van der Waals surface area contributed by atoms with Gasteiger partial charge in [-0.15, -0.1) is 0 Å². The number of rotatable bonds is 3. The Morgan fingerprint density at radius 1 is 1.29 bits per heavy atom. The van der Waals surface area contributed by atoms with E-state index in [9.17, 15) is 24.4 Å². The Balaban J connectivity index is 1.80. The van der Waals surface area contributed by atoms with Crippen LogP contribution in [0.15, 0.2) is 27.8 Å². The number of aromatic amines is 1. The van der Waals surface area contributed by atoms with E-state index in [1.54, 1.807) is 27.7 Å². The quantitative estimate of drug-likeness (QED) is 0.755. The molecule has 1 aromatic carbocycles. The molecule has 0 aliphatic carbocycles. The van der Waals surface area contributed by atoms with Gasteiger partial charge in [0.2, 0.25) is 0 Å². The zero-order valence-corrected chi connectivity index (χ0v) is 17.9. The average Bonchev–Trinajstić information content (AvgIpc) is 3.09. The standard InChI is InChI=1S/C21H25N5O5/c1-5-26-18(28)14-7-6-12(8-15(14)24-19(26)29)17(27)23-16-11-25(10-13(16)9-22)20(30)31-21(2,3)4/h6-8,13,16H,5,10-11H2,1-4H3,(H,23,27)(H,24,29). The van der Waals surface area contributed by atoms with Gasteiger partial charge in [-0.2, -0.15) is 5.26 Å². The fourth-order valence-corrected chi connectivity index (χ4v) is 3.49. The summed E-state index contributed by atoms with van der Waals surface area (Å²) in [6.45, 7) is 7.47. The number of fused-ring (bicyclic) bond motifs is 1. The zero-order chi connectivity index (χ0) is 22.9. The minimum atomic E-state index is -0.668. The molecule has 2 aromatic rings. The number of likely N-dealkylation sites (tertiary alicyclic amines) is 1. The molecule has 2 N–H and O–H groups in total. The molecule has 10 nitrogen and oxygen atoms in total. The minimum absolute atomic E-state index is 0.143. The molecule has 0 spiro atoms. The van der Waals surface area contributed by atoms with Crippen molar-refractivity contribution in [3.8, 4) is 6.07 Å². The molecule has 0 bridgehead atoms. The van der Waals surface area contributed by atoms with Crippen LogP contribution in [0.3, 0.4) is 0 Å². The van der Waals surface area contributed by atoms with E-state index >= 15 is 0 Å². The van der Waals surface area contributed by atoms with Crippen molar-refractivity contribution < 1.29 is 14.3 Å². The van der Waals surface area contributed by atoms with Crippen molar-refractivity contribution in [2.75, 3.05) is 13.1 Å². The van der Waals surface area contributed by atoms with Crippen LogP contribution < -0.4 is 16.6 Å². The highest BCUT2D eigenvalue weighted by Crippen LogP contribution is 2.20. The van der Waals surface area contributed by atoms with Gasteiger partial charge in [0.1, 0.15) is 5.60 Å². The number of amides is 2. The summed E-state index contributed by atoms with van der Waals surface area (Å²) < 4.78 is 6.41. The van der Waals surface area contributed by atoms with Crippen molar-refractivity contribution in [1.29, 1.82) is 5.26 Å². The van der Waals surface area contributed by atoms with E-state index in [1.807, 2.05) is 0 Å². The molecule has 2 amide bonds. The molecule has 0 radical (unpaired) electrons. The van der Waals surface area contributed by atoms with Gasteiger partial charge in [0.25, 0.3) is 11.5 Å². The first kappa shape index (κ1) is 22.1. The molecule has 1 aliphatic rings. The van der Waals surface area contributed by atoms with Crippen LogP contribution in [0.4, 0.5) is 4.79 Å². The minimum Gasteiger partial charge on any atom is -0.444 e. The van der Waals surface area contributed by atoms with E-state index in [2.05, 4.69) is 16.4 Å². The number of nitriles is 1. The van der Waals surface area contributed by atoms with E-state index in [-0.39, 0.29) is 30.7 Å². The Morgan fingerprint density at radius 2 is 2.00 bits per heavy atom. The topological polar surface area (TPSA) is 137 Å². The van der Waals surface area contributed by atoms with E-state index in [0.29, 0.717) is 5.39 Å². The van der Waals surface area contributed by atoms with E-state index in [4.69, 9.17) is 4.74 Å². The zero-order valence-electron chi connectivity index (χ0n) is 17.9. The monoisotopic (exact) mass is 427 g/mol. The number of nitrogens with zero attached hydrogens (tertiary/aromatic N) is 3. The summed E-state index contributed by atoms with van der Waals surface area (Å²) in [6.07, 6.45) is -0.542. The fourth-order valence-electron chi connectivity index (χ4n) is 3.49. The maximum absolute atomic E-state index is 12.8. The third-order valence-corrected chi connectivity index (χ3v) is 5.01. The number of benzene rings is 1. The normalized spacial score (nSPS) is 18.6. The smallest absolute Gasteiger partial charge is 0.410 e. The molecule has 164 valence electrons. The number of ether oxygens (including phenoxy) is 1. The van der Waals surface area contributed by atoms with Crippen molar-refractivity contribution >= 4 is 22.9 Å². The molecule has 0 saturated carbocycles. The third-order valence-electron chi connectivity index (χ3n) is 5.01. The van der Waals surface area contributed by atoms with Gasteiger partial charge in [0.15, 0.2) is 0 Å². The number of carbonyl (C=O) groups is 2. The number of nitrogens with one attached hydrogen (secondary N) is 2. The molecule has 1 fully saturated rings. The van der Waals surface area contributed by atoms with Crippen molar-refractivity contribution in [1.82, 2.24) is 19.8 Å². The van der Waals surface area contributed by atoms with Crippen molar-refractivity contribution in [3.05, 3.63) is 44.6 Å². The van der Waals surface area contributed by atoms with Gasteiger partial charge in [-0.05, 0) is 45.9 Å². The lowest BCUT2D eigenvalue weighted by Gasteiger charge is -2.24. The largest absolute Gasteiger partial charge is 0.444 e. The summed E-state index contributed by atoms with van der Waals surface area (Å²) in [5.74, 6) is -1.06. The van der Waals surface area contributed by atoms with E-state index in [1.165, 1.54) is 23.1 Å². The van der Waals surface area contributed by atoms with Gasteiger partial charge in [-0.25, -0.2) is 9.59 Å². The van der Waals surface area contributed by atoms with Crippen LogP contribution in [0.1, 0.15) is 38.1 Å². The maximum Gasteiger partial charge on any atom is 0.410 e. The fraction of sp³-hybridized carbons (Fsp3) is 0.476. The Labute approximate surface area is 178 Å². The van der Waals surface area contributed by atoms with Gasteiger partial charge in [0.05, 0.1) is 28.9 Å². The number of hydrogen-bond donors (Lipinski definition) is 2.